The molecule has 150 valence electrons. The standard InChI is InChI=1S/C23H23Cl2N3O/c1-2-21(17-11-10-15-6-3-4-7-16(15)12-17)28-23(29)18(13-26)14-27-22-19(24)8-5-9-20(22)25/h5,8-12,14,21,27H,2-4,6-7H2,1H3,(H,28,29)/b18-14-. The van der Waals surface area contributed by atoms with Gasteiger partial charge in [0.05, 0.1) is 21.8 Å². The number of halogens is 2. The van der Waals surface area contributed by atoms with Gasteiger partial charge >= 0.3 is 0 Å². The molecule has 2 N–H and O–H groups in total. The number of nitrogens with zero attached hydrogens (tertiary/aromatic N) is 1. The van der Waals surface area contributed by atoms with Crippen LogP contribution >= 0.6 is 23.2 Å². The van der Waals surface area contributed by atoms with Crippen LogP contribution in [0.2, 0.25) is 10.0 Å². The molecule has 0 aliphatic heterocycles. The van der Waals surface area contributed by atoms with E-state index in [1.165, 1.54) is 30.2 Å². The highest BCUT2D eigenvalue weighted by molar-refractivity contribution is 6.39. The summed E-state index contributed by atoms with van der Waals surface area (Å²) >= 11 is 12.2. The number of carbonyl (C=O) groups excluding carboxylic acids is 1. The maximum Gasteiger partial charge on any atom is 0.263 e. The van der Waals surface area contributed by atoms with E-state index < -0.39 is 5.91 Å². The Balaban J connectivity index is 1.74. The molecule has 0 saturated heterocycles. The van der Waals surface area contributed by atoms with Crippen LogP contribution in [0.4, 0.5) is 5.69 Å². The average molecular weight is 428 g/mol. The lowest BCUT2D eigenvalue weighted by atomic mass is 9.88. The van der Waals surface area contributed by atoms with Gasteiger partial charge in [-0.3, -0.25) is 4.79 Å². The highest BCUT2D eigenvalue weighted by Crippen LogP contribution is 2.30. The number of nitrogens with one attached hydrogen (secondary N) is 2. The third-order valence-electron chi connectivity index (χ3n) is 5.18. The molecule has 0 fully saturated rings. The van der Waals surface area contributed by atoms with Crippen LogP contribution in [0.1, 0.15) is 48.9 Å². The van der Waals surface area contributed by atoms with Crippen LogP contribution in [-0.4, -0.2) is 5.91 Å². The lowest BCUT2D eigenvalue weighted by Gasteiger charge is -2.21. The fraction of sp³-hybridized carbons (Fsp3) is 0.304. The number of nitriles is 1. The van der Waals surface area contributed by atoms with E-state index in [1.807, 2.05) is 13.0 Å². The molecule has 1 aliphatic carbocycles. The van der Waals surface area contributed by atoms with Gasteiger partial charge in [-0.1, -0.05) is 54.4 Å². The molecule has 0 radical (unpaired) electrons. The van der Waals surface area contributed by atoms with Gasteiger partial charge in [-0.25, -0.2) is 0 Å². The number of carbonyl (C=O) groups is 1. The van der Waals surface area contributed by atoms with E-state index in [1.54, 1.807) is 18.2 Å². The average Bonchev–Trinajstić information content (AvgIpc) is 2.73. The second-order valence-corrected chi connectivity index (χ2v) is 7.89. The predicted octanol–water partition coefficient (Wildman–Crippen LogP) is 5.96. The third-order valence-corrected chi connectivity index (χ3v) is 5.81. The molecular formula is C23H23Cl2N3O. The molecule has 0 bridgehead atoms. The maximum absolute atomic E-state index is 12.7. The molecule has 0 spiro atoms. The lowest BCUT2D eigenvalue weighted by Crippen LogP contribution is -2.29. The van der Waals surface area contributed by atoms with Crippen LogP contribution in [0.5, 0.6) is 0 Å². The van der Waals surface area contributed by atoms with Crippen LogP contribution in [0.15, 0.2) is 48.2 Å². The van der Waals surface area contributed by atoms with Crippen molar-refractivity contribution in [3.8, 4) is 6.07 Å². The highest BCUT2D eigenvalue weighted by Gasteiger charge is 2.18. The summed E-state index contributed by atoms with van der Waals surface area (Å²) < 4.78 is 0. The summed E-state index contributed by atoms with van der Waals surface area (Å²) in [5.74, 6) is -0.437. The third kappa shape index (κ3) is 5.12. The SMILES string of the molecule is CCC(NC(=O)/C(C#N)=C\Nc1c(Cl)cccc1Cl)c1ccc2c(c1)CCCC2. The fourth-order valence-corrected chi connectivity index (χ4v) is 4.06. The van der Waals surface area contributed by atoms with E-state index in [9.17, 15) is 10.1 Å². The number of hydrogen-bond donors (Lipinski definition) is 2. The molecule has 2 aromatic rings. The number of hydrogen-bond acceptors (Lipinski definition) is 3. The first kappa shape index (κ1) is 21.2. The Morgan fingerprint density at radius 3 is 2.52 bits per heavy atom. The highest BCUT2D eigenvalue weighted by atomic mass is 35.5. The summed E-state index contributed by atoms with van der Waals surface area (Å²) in [6, 6.07) is 13.3. The zero-order valence-electron chi connectivity index (χ0n) is 16.3. The first-order valence-corrected chi connectivity index (χ1v) is 10.5. The second-order valence-electron chi connectivity index (χ2n) is 7.08. The Morgan fingerprint density at radius 1 is 1.17 bits per heavy atom. The van der Waals surface area contributed by atoms with Gasteiger partial charge in [0, 0.05) is 6.20 Å². The Labute approximate surface area is 181 Å². The molecule has 1 unspecified atom stereocenters. The number of benzene rings is 2. The molecule has 1 atom stereocenters. The number of aryl methyl sites for hydroxylation is 2. The van der Waals surface area contributed by atoms with Crippen molar-refractivity contribution in [3.63, 3.8) is 0 Å². The maximum atomic E-state index is 12.7. The molecule has 6 heteroatoms. The van der Waals surface area contributed by atoms with Crippen molar-refractivity contribution in [2.24, 2.45) is 0 Å². The largest absolute Gasteiger partial charge is 0.358 e. The van der Waals surface area contributed by atoms with Gasteiger partial charge in [0.1, 0.15) is 11.6 Å². The van der Waals surface area contributed by atoms with Crippen molar-refractivity contribution in [2.75, 3.05) is 5.32 Å². The fourth-order valence-electron chi connectivity index (χ4n) is 3.56. The molecule has 1 amide bonds. The second kappa shape index (κ2) is 9.82. The van der Waals surface area contributed by atoms with Gasteiger partial charge in [-0.2, -0.15) is 5.26 Å². The van der Waals surface area contributed by atoms with Crippen LogP contribution in [0.25, 0.3) is 0 Å². The summed E-state index contributed by atoms with van der Waals surface area (Å²) in [6.45, 7) is 2.02. The normalized spacial score (nSPS) is 14.5. The molecule has 2 aromatic carbocycles. The number of para-hydroxylation sites is 1. The molecule has 0 aromatic heterocycles. The summed E-state index contributed by atoms with van der Waals surface area (Å²) in [5, 5.41) is 16.1. The monoisotopic (exact) mass is 427 g/mol. The minimum Gasteiger partial charge on any atom is -0.358 e. The van der Waals surface area contributed by atoms with Crippen LogP contribution in [0.3, 0.4) is 0 Å². The zero-order chi connectivity index (χ0) is 20.8. The van der Waals surface area contributed by atoms with Gasteiger partial charge < -0.3 is 10.6 Å². The van der Waals surface area contributed by atoms with Crippen molar-refractivity contribution >= 4 is 34.8 Å². The number of amides is 1. The zero-order valence-corrected chi connectivity index (χ0v) is 17.8. The number of rotatable bonds is 6. The van der Waals surface area contributed by atoms with Gasteiger partial charge in [-0.15, -0.1) is 0 Å². The van der Waals surface area contributed by atoms with E-state index in [0.717, 1.165) is 24.8 Å². The van der Waals surface area contributed by atoms with Crippen molar-refractivity contribution < 1.29 is 4.79 Å². The number of anilines is 1. The van der Waals surface area contributed by atoms with E-state index in [-0.39, 0.29) is 11.6 Å². The lowest BCUT2D eigenvalue weighted by molar-refractivity contribution is -0.117. The Hall–Kier alpha value is -2.48. The van der Waals surface area contributed by atoms with Gasteiger partial charge in [-0.05, 0) is 60.9 Å². The van der Waals surface area contributed by atoms with Gasteiger partial charge in [0.25, 0.3) is 5.91 Å². The Morgan fingerprint density at radius 2 is 1.86 bits per heavy atom. The van der Waals surface area contributed by atoms with E-state index in [2.05, 4.69) is 28.8 Å². The Kier molecular flexibility index (Phi) is 7.19. The van der Waals surface area contributed by atoms with Crippen molar-refractivity contribution in [2.45, 2.75) is 45.1 Å². The van der Waals surface area contributed by atoms with E-state index in [0.29, 0.717) is 15.7 Å². The van der Waals surface area contributed by atoms with E-state index >= 15 is 0 Å². The summed E-state index contributed by atoms with van der Waals surface area (Å²) in [4.78, 5) is 12.7. The molecule has 1 aliphatic rings. The quantitative estimate of drug-likeness (QED) is 0.441. The van der Waals surface area contributed by atoms with Gasteiger partial charge in [0.15, 0.2) is 0 Å². The Bertz CT molecular complexity index is 958. The molecule has 4 nitrogen and oxygen atoms in total. The van der Waals surface area contributed by atoms with Crippen LogP contribution in [0, 0.1) is 11.3 Å². The minimum atomic E-state index is -0.437. The smallest absolute Gasteiger partial charge is 0.263 e. The molecular weight excluding hydrogens is 405 g/mol. The number of fused-ring (bicyclic) bond motifs is 1. The first-order chi connectivity index (χ1) is 14.0. The molecule has 0 heterocycles. The topological polar surface area (TPSA) is 64.9 Å². The van der Waals surface area contributed by atoms with Crippen molar-refractivity contribution in [1.29, 1.82) is 5.26 Å². The van der Waals surface area contributed by atoms with Gasteiger partial charge in [0.2, 0.25) is 0 Å². The minimum absolute atomic E-state index is 0.0441. The van der Waals surface area contributed by atoms with Crippen LogP contribution < -0.4 is 10.6 Å². The summed E-state index contributed by atoms with van der Waals surface area (Å²) in [6.07, 6.45) is 6.71. The van der Waals surface area contributed by atoms with Crippen LogP contribution in [-0.2, 0) is 17.6 Å². The molecule has 3 rings (SSSR count). The van der Waals surface area contributed by atoms with Crippen molar-refractivity contribution in [1.82, 2.24) is 5.32 Å². The first-order valence-electron chi connectivity index (χ1n) is 9.76. The summed E-state index contributed by atoms with van der Waals surface area (Å²) in [5.41, 5.74) is 4.25. The predicted molar refractivity (Wildman–Crippen MR) is 118 cm³/mol. The van der Waals surface area contributed by atoms with E-state index in [4.69, 9.17) is 23.2 Å². The molecule has 0 saturated carbocycles. The summed E-state index contributed by atoms with van der Waals surface area (Å²) in [7, 11) is 0. The van der Waals surface area contributed by atoms with Crippen molar-refractivity contribution in [3.05, 3.63) is 74.9 Å². The molecule has 29 heavy (non-hydrogen) atoms.